The van der Waals surface area contributed by atoms with Gasteiger partial charge in [-0.15, -0.1) is 0 Å². The summed E-state index contributed by atoms with van der Waals surface area (Å²) >= 11 is 0.0621. The molecule has 170 valence electrons. The third-order valence-electron chi connectivity index (χ3n) is 4.80. The minimum absolute atomic E-state index is 0.0311. The van der Waals surface area contributed by atoms with Gasteiger partial charge in [0.25, 0.3) is 0 Å². The fraction of sp³-hybridized carbons (Fsp3) is 0.0769. The van der Waals surface area contributed by atoms with Gasteiger partial charge in [-0.2, -0.15) is 0 Å². The molecule has 2 amide bonds. The summed E-state index contributed by atoms with van der Waals surface area (Å²) in [6, 6.07) is 26.6. The Morgan fingerprint density at radius 3 is 1.41 bits per heavy atom. The fourth-order valence-corrected chi connectivity index (χ4v) is 10.2. The molecule has 0 bridgehead atoms. The first-order valence-corrected chi connectivity index (χ1v) is 16.6. The summed E-state index contributed by atoms with van der Waals surface area (Å²) < 4.78 is 2.05. The second-order valence-corrected chi connectivity index (χ2v) is 13.3. The van der Waals surface area contributed by atoms with E-state index in [1.807, 2.05) is 84.9 Å². The van der Waals surface area contributed by atoms with Crippen molar-refractivity contribution in [3.8, 4) is 0 Å². The normalized spacial score (nSPS) is 10.5. The summed E-state index contributed by atoms with van der Waals surface area (Å²) in [7, 11) is 0. The Bertz CT molecular complexity index is 1150. The van der Waals surface area contributed by atoms with Gasteiger partial charge in [-0.25, -0.2) is 0 Å². The molecule has 0 unspecified atom stereocenters. The van der Waals surface area contributed by atoms with Crippen LogP contribution in [0.2, 0.25) is 0 Å². The van der Waals surface area contributed by atoms with Crippen molar-refractivity contribution in [2.45, 2.75) is 13.1 Å². The molecule has 0 radical (unpaired) electrons. The number of nitrogens with zero attached hydrogens (tertiary/aromatic N) is 2. The van der Waals surface area contributed by atoms with Crippen LogP contribution >= 0.6 is 0 Å². The summed E-state index contributed by atoms with van der Waals surface area (Å²) in [5.74, 6) is -0.222. The maximum absolute atomic E-state index is 12.9. The Morgan fingerprint density at radius 1 is 0.588 bits per heavy atom. The number of hydrogen-bond donors (Lipinski definition) is 2. The van der Waals surface area contributed by atoms with E-state index in [9.17, 15) is 9.59 Å². The van der Waals surface area contributed by atoms with Crippen LogP contribution in [-0.4, -0.2) is 48.0 Å². The van der Waals surface area contributed by atoms with E-state index in [2.05, 4.69) is 20.6 Å². The zero-order valence-electron chi connectivity index (χ0n) is 18.2. The summed E-state index contributed by atoms with van der Waals surface area (Å²) in [6.07, 6.45) is 3.43. The molecule has 2 heterocycles. The van der Waals surface area contributed by atoms with Crippen molar-refractivity contribution in [1.29, 1.82) is 0 Å². The van der Waals surface area contributed by atoms with E-state index in [0.717, 1.165) is 20.3 Å². The average molecular weight is 580 g/mol. The van der Waals surface area contributed by atoms with Gasteiger partial charge in [0.15, 0.2) is 0 Å². The monoisotopic (exact) mass is 582 g/mol. The Hall–Kier alpha value is -3.28. The van der Waals surface area contributed by atoms with Crippen LogP contribution in [0.4, 0.5) is 0 Å². The first-order chi connectivity index (χ1) is 16.7. The molecule has 0 fully saturated rings. The molecule has 2 aromatic carbocycles. The fourth-order valence-electron chi connectivity index (χ4n) is 3.08. The third-order valence-corrected chi connectivity index (χ3v) is 12.0. The van der Waals surface area contributed by atoms with Crippen LogP contribution in [0.1, 0.15) is 32.1 Å². The predicted molar refractivity (Wildman–Crippen MR) is 134 cm³/mol. The Labute approximate surface area is 209 Å². The van der Waals surface area contributed by atoms with Gasteiger partial charge < -0.3 is 0 Å². The predicted octanol–water partition coefficient (Wildman–Crippen LogP) is 1.61. The van der Waals surface area contributed by atoms with Crippen molar-refractivity contribution in [3.63, 3.8) is 0 Å². The summed E-state index contributed by atoms with van der Waals surface area (Å²) in [5.41, 5.74) is 2.98. The summed E-state index contributed by atoms with van der Waals surface area (Å²) in [4.78, 5) is 34.2. The quantitative estimate of drug-likeness (QED) is 0.295. The van der Waals surface area contributed by atoms with E-state index in [1.54, 1.807) is 12.4 Å². The van der Waals surface area contributed by atoms with Gasteiger partial charge in [-0.1, -0.05) is 0 Å². The van der Waals surface area contributed by atoms with Gasteiger partial charge >= 0.3 is 210 Å². The number of benzene rings is 2. The van der Waals surface area contributed by atoms with Crippen LogP contribution in [0, 0.1) is 0 Å². The van der Waals surface area contributed by atoms with Gasteiger partial charge in [0, 0.05) is 0 Å². The zero-order chi connectivity index (χ0) is 23.6. The third kappa shape index (κ3) is 6.62. The number of aromatic nitrogens is 2. The Kier molecular flexibility index (Phi) is 8.60. The topological polar surface area (TPSA) is 84.0 Å². The van der Waals surface area contributed by atoms with Crippen molar-refractivity contribution in [3.05, 3.63) is 120 Å². The van der Waals surface area contributed by atoms with Gasteiger partial charge in [-0.05, 0) is 0 Å². The minimum atomic E-state index is -0.111. The molecule has 2 aromatic heterocycles. The molecule has 34 heavy (non-hydrogen) atoms. The van der Waals surface area contributed by atoms with E-state index in [4.69, 9.17) is 0 Å². The molecule has 8 heteroatoms. The molecule has 0 atom stereocenters. The zero-order valence-corrected chi connectivity index (χ0v) is 21.6. The standard InChI is InChI=1S/C26H22N4O2Se2/c31-25(29-17-19-9-5-7-15-27-19)21-11-1-3-13-23(21)33-34-24-14-4-2-12-22(24)26(32)30-18-20-10-6-8-16-28-20/h1-16H,17-18H2,(H,29,31)(H,30,32). The van der Waals surface area contributed by atoms with Gasteiger partial charge in [0.2, 0.25) is 0 Å². The second kappa shape index (κ2) is 12.3. The number of rotatable bonds is 9. The van der Waals surface area contributed by atoms with Crippen molar-refractivity contribution >= 4 is 47.0 Å². The van der Waals surface area contributed by atoms with Crippen LogP contribution < -0.4 is 19.6 Å². The number of carbonyl (C=O) groups excluding carboxylic acids is 2. The molecule has 6 nitrogen and oxygen atoms in total. The van der Waals surface area contributed by atoms with E-state index >= 15 is 0 Å². The van der Waals surface area contributed by atoms with Crippen LogP contribution in [0.5, 0.6) is 0 Å². The maximum atomic E-state index is 12.9. The molecule has 2 N–H and O–H groups in total. The van der Waals surface area contributed by atoms with E-state index in [-0.39, 0.29) is 38.1 Å². The van der Waals surface area contributed by atoms with Crippen molar-refractivity contribution in [1.82, 2.24) is 20.6 Å². The van der Waals surface area contributed by atoms with Crippen molar-refractivity contribution in [2.75, 3.05) is 0 Å². The number of nitrogens with one attached hydrogen (secondary N) is 2. The second-order valence-electron chi connectivity index (χ2n) is 7.17. The molecule has 0 aliphatic carbocycles. The molecule has 0 aliphatic heterocycles. The average Bonchev–Trinajstić information content (AvgIpc) is 2.90. The molecule has 0 saturated heterocycles. The Morgan fingerprint density at radius 2 is 1.00 bits per heavy atom. The molecule has 4 aromatic rings. The molecular formula is C26H22N4O2Se2. The molecule has 0 saturated carbocycles. The first-order valence-electron chi connectivity index (χ1n) is 10.6. The van der Waals surface area contributed by atoms with Gasteiger partial charge in [0.05, 0.1) is 0 Å². The van der Waals surface area contributed by atoms with Gasteiger partial charge in [-0.3, -0.25) is 0 Å². The van der Waals surface area contributed by atoms with Crippen molar-refractivity contribution in [2.24, 2.45) is 0 Å². The van der Waals surface area contributed by atoms with E-state index in [1.165, 1.54) is 0 Å². The summed E-state index contributed by atoms with van der Waals surface area (Å²) in [5, 5.41) is 5.92. The SMILES string of the molecule is O=C(NCc1ccccn1)c1ccccc1[Se][Se]c1ccccc1C(=O)NCc1ccccn1. The first kappa shape index (κ1) is 23.9. The molecule has 0 spiro atoms. The van der Waals surface area contributed by atoms with Gasteiger partial charge in [0.1, 0.15) is 0 Å². The van der Waals surface area contributed by atoms with Crippen LogP contribution in [0.15, 0.2) is 97.3 Å². The molecular weight excluding hydrogens is 558 g/mol. The molecule has 0 aliphatic rings. The van der Waals surface area contributed by atoms with Crippen LogP contribution in [0.3, 0.4) is 0 Å². The number of hydrogen-bond acceptors (Lipinski definition) is 4. The number of pyridine rings is 2. The van der Waals surface area contributed by atoms with Crippen LogP contribution in [0.25, 0.3) is 0 Å². The number of carbonyl (C=O) groups is 2. The molecule has 4 rings (SSSR count). The summed E-state index contributed by atoms with van der Waals surface area (Å²) in [6.45, 7) is 0.761. The number of amides is 2. The van der Waals surface area contributed by atoms with Crippen molar-refractivity contribution < 1.29 is 9.59 Å². The van der Waals surface area contributed by atoms with Crippen LogP contribution in [-0.2, 0) is 13.1 Å². The van der Waals surface area contributed by atoms with E-state index < -0.39 is 0 Å². The Balaban J connectivity index is 1.41. The van der Waals surface area contributed by atoms with E-state index in [0.29, 0.717) is 24.2 Å².